The molecule has 0 radical (unpaired) electrons. The Hall–Kier alpha value is 0.690. The van der Waals surface area contributed by atoms with Gasteiger partial charge in [0.15, 0.2) is 0 Å². The molecule has 2 nitrogen and oxygen atoms in total. The maximum absolute atomic E-state index is 6.13. The van der Waals surface area contributed by atoms with Crippen LogP contribution in [0.3, 0.4) is 0 Å². The molecule has 1 unspecified atom stereocenters. The maximum atomic E-state index is 6.13. The summed E-state index contributed by atoms with van der Waals surface area (Å²) in [6.45, 7) is -0.275. The van der Waals surface area contributed by atoms with Crippen LogP contribution < -0.4 is 9.83 Å². The van der Waals surface area contributed by atoms with E-state index in [1.165, 1.54) is 0 Å². The van der Waals surface area contributed by atoms with Gasteiger partial charge >= 0.3 is 37.7 Å². The molecule has 2 rings (SSSR count). The van der Waals surface area contributed by atoms with E-state index in [4.69, 9.17) is 44.1 Å². The second kappa shape index (κ2) is 9.10. The monoisotopic (exact) mass is 388 g/mol. The Bertz CT molecular complexity index is 640. The number of halogens is 2. The molecule has 0 fully saturated rings. The van der Waals surface area contributed by atoms with Crippen molar-refractivity contribution in [1.82, 2.24) is 0 Å². The van der Waals surface area contributed by atoms with E-state index in [9.17, 15) is 0 Å². The average molecular weight is 389 g/mol. The first-order valence-corrected chi connectivity index (χ1v) is 9.39. The minimum absolute atomic E-state index is 0. The molecule has 2 aromatic rings. The van der Waals surface area contributed by atoms with Crippen LogP contribution in [0.4, 0.5) is 0 Å². The Morgan fingerprint density at radius 1 is 1.10 bits per heavy atom. The molecule has 1 atom stereocenters. The van der Waals surface area contributed by atoms with Crippen LogP contribution in [0.2, 0.25) is 10.0 Å². The standard InChI is InChI=1S/C14H13Cl2O2PS.Ca.2H/c1-2-17-19(20,12-6-4-3-5-7-12)18-14-9-8-11(15)10-13(14)16;;;/h3-10H,2H2,1H3;;;. The summed E-state index contributed by atoms with van der Waals surface area (Å²) in [7, 11) is 0. The van der Waals surface area contributed by atoms with Gasteiger partial charge in [-0.2, -0.15) is 0 Å². The third-order valence-corrected chi connectivity index (χ3v) is 6.15. The molecule has 0 aromatic heterocycles. The molecule has 0 N–H and O–H groups in total. The van der Waals surface area contributed by atoms with Gasteiger partial charge in [0.05, 0.1) is 11.6 Å². The Morgan fingerprint density at radius 3 is 2.33 bits per heavy atom. The third-order valence-electron chi connectivity index (χ3n) is 2.48. The minimum atomic E-state index is -2.63. The quantitative estimate of drug-likeness (QED) is 0.566. The molecule has 110 valence electrons. The molecular formula is C14H15CaCl2O2PS. The normalized spacial score (nSPS) is 13.1. The first kappa shape index (κ1) is 19.7. The van der Waals surface area contributed by atoms with E-state index in [2.05, 4.69) is 0 Å². The summed E-state index contributed by atoms with van der Waals surface area (Å²) < 4.78 is 11.6. The molecule has 0 bridgehead atoms. The summed E-state index contributed by atoms with van der Waals surface area (Å²) >= 11 is 17.6. The Kier molecular flexibility index (Phi) is 8.55. The zero-order valence-corrected chi connectivity index (χ0v) is 14.0. The van der Waals surface area contributed by atoms with E-state index in [-0.39, 0.29) is 37.7 Å². The zero-order valence-electron chi connectivity index (χ0n) is 10.8. The predicted octanol–water partition coefficient (Wildman–Crippen LogP) is 4.13. The summed E-state index contributed by atoms with van der Waals surface area (Å²) in [6.07, 6.45) is 0. The zero-order chi connectivity index (χ0) is 14.6. The van der Waals surface area contributed by atoms with Crippen molar-refractivity contribution >= 4 is 84.5 Å². The van der Waals surface area contributed by atoms with Crippen molar-refractivity contribution < 1.29 is 9.05 Å². The molecule has 2 aromatic carbocycles. The summed E-state index contributed by atoms with van der Waals surface area (Å²) in [5, 5.41) is 1.82. The van der Waals surface area contributed by atoms with Gasteiger partial charge in [0, 0.05) is 10.3 Å². The number of hydrogen-bond acceptors (Lipinski definition) is 3. The molecule has 21 heavy (non-hydrogen) atoms. The second-order valence-corrected chi connectivity index (χ2v) is 8.15. The van der Waals surface area contributed by atoms with Crippen LogP contribution >= 0.6 is 29.7 Å². The Morgan fingerprint density at radius 2 is 1.76 bits per heavy atom. The first-order chi connectivity index (χ1) is 9.55. The van der Waals surface area contributed by atoms with E-state index < -0.39 is 6.49 Å². The first-order valence-electron chi connectivity index (χ1n) is 6.00. The summed E-state index contributed by atoms with van der Waals surface area (Å²) in [5.41, 5.74) is 0. The van der Waals surface area contributed by atoms with Crippen LogP contribution in [0.5, 0.6) is 5.75 Å². The van der Waals surface area contributed by atoms with Gasteiger partial charge in [0.2, 0.25) is 0 Å². The molecule has 7 heteroatoms. The molecule has 0 aliphatic heterocycles. The second-order valence-electron chi connectivity index (χ2n) is 3.92. The van der Waals surface area contributed by atoms with Crippen molar-refractivity contribution in [3.05, 3.63) is 58.6 Å². The summed E-state index contributed by atoms with van der Waals surface area (Å²) in [6, 6.07) is 14.6. The molecule has 0 aliphatic carbocycles. The topological polar surface area (TPSA) is 18.5 Å². The van der Waals surface area contributed by atoms with E-state index >= 15 is 0 Å². The fourth-order valence-corrected chi connectivity index (χ4v) is 4.64. The van der Waals surface area contributed by atoms with E-state index in [0.29, 0.717) is 22.4 Å². The third kappa shape index (κ3) is 5.37. The molecular weight excluding hydrogens is 374 g/mol. The summed E-state index contributed by atoms with van der Waals surface area (Å²) in [5.74, 6) is 0.483. The van der Waals surface area contributed by atoms with Crippen molar-refractivity contribution in [3.8, 4) is 5.75 Å². The van der Waals surface area contributed by atoms with Crippen molar-refractivity contribution in [2.45, 2.75) is 6.92 Å². The fourth-order valence-electron chi connectivity index (χ4n) is 1.61. The summed E-state index contributed by atoms with van der Waals surface area (Å²) in [4.78, 5) is 0. The van der Waals surface area contributed by atoms with Gasteiger partial charge in [-0.1, -0.05) is 41.4 Å². The molecule has 0 heterocycles. The Balaban J connectivity index is 0.00000220. The number of rotatable bonds is 5. The van der Waals surface area contributed by atoms with Gasteiger partial charge in [0.1, 0.15) is 5.75 Å². The molecule has 0 aliphatic rings. The van der Waals surface area contributed by atoms with Crippen molar-refractivity contribution in [3.63, 3.8) is 0 Å². The molecule has 0 saturated heterocycles. The van der Waals surface area contributed by atoms with Crippen LogP contribution in [0, 0.1) is 0 Å². The molecule has 0 spiro atoms. The fraction of sp³-hybridized carbons (Fsp3) is 0.143. The van der Waals surface area contributed by atoms with Crippen LogP contribution in [0.15, 0.2) is 48.5 Å². The van der Waals surface area contributed by atoms with Gasteiger partial charge in [-0.05, 0) is 49.1 Å². The van der Waals surface area contributed by atoms with Gasteiger partial charge in [-0.25, -0.2) is 0 Å². The SMILES string of the molecule is CCOP(=S)(Oc1ccc(Cl)cc1Cl)c1ccccc1.[CaH2]. The predicted molar refractivity (Wildman–Crippen MR) is 97.6 cm³/mol. The van der Waals surface area contributed by atoms with E-state index in [1.807, 2.05) is 37.3 Å². The van der Waals surface area contributed by atoms with Crippen molar-refractivity contribution in [2.75, 3.05) is 6.61 Å². The van der Waals surface area contributed by atoms with Crippen LogP contribution in [-0.4, -0.2) is 44.3 Å². The van der Waals surface area contributed by atoms with Gasteiger partial charge in [-0.15, -0.1) is 0 Å². The van der Waals surface area contributed by atoms with Crippen molar-refractivity contribution in [1.29, 1.82) is 0 Å². The van der Waals surface area contributed by atoms with Gasteiger partial charge in [0.25, 0.3) is 6.49 Å². The Labute approximate surface area is 169 Å². The average Bonchev–Trinajstić information content (AvgIpc) is 2.43. The van der Waals surface area contributed by atoms with Gasteiger partial charge in [-0.3, -0.25) is 0 Å². The molecule has 0 amide bonds. The van der Waals surface area contributed by atoms with Gasteiger partial charge < -0.3 is 9.05 Å². The van der Waals surface area contributed by atoms with E-state index in [0.717, 1.165) is 5.30 Å². The van der Waals surface area contributed by atoms with Crippen molar-refractivity contribution in [2.24, 2.45) is 0 Å². The molecule has 0 saturated carbocycles. The van der Waals surface area contributed by atoms with E-state index in [1.54, 1.807) is 18.2 Å². The number of hydrogen-bond donors (Lipinski definition) is 0. The van der Waals surface area contributed by atoms with Crippen LogP contribution in [0.1, 0.15) is 6.92 Å². The van der Waals surface area contributed by atoms with Crippen LogP contribution in [-0.2, 0) is 16.3 Å². The number of benzene rings is 2. The van der Waals surface area contributed by atoms with Crippen LogP contribution in [0.25, 0.3) is 0 Å².